The summed E-state index contributed by atoms with van der Waals surface area (Å²) < 4.78 is 11.3. The monoisotopic (exact) mass is 553 g/mol. The van der Waals surface area contributed by atoms with Crippen LogP contribution >= 0.6 is 23.1 Å². The van der Waals surface area contributed by atoms with E-state index in [0.717, 1.165) is 48.1 Å². The average molecular weight is 554 g/mol. The molecule has 204 valence electrons. The number of carbonyl (C=O) groups is 1. The number of methoxy groups -OCH3 is 1. The molecular formula is C31H39NO4S2. The van der Waals surface area contributed by atoms with Gasteiger partial charge in [-0.1, -0.05) is 45.0 Å². The molecule has 7 heteroatoms. The second-order valence-electron chi connectivity index (χ2n) is 10.8. The molecule has 1 aromatic heterocycles. The first-order valence-electron chi connectivity index (χ1n) is 13.3. The predicted octanol–water partition coefficient (Wildman–Crippen LogP) is 7.27. The molecule has 0 bridgehead atoms. The number of rotatable bonds is 10. The van der Waals surface area contributed by atoms with Crippen LogP contribution in [0.1, 0.15) is 67.7 Å². The van der Waals surface area contributed by atoms with E-state index in [0.29, 0.717) is 17.4 Å². The zero-order valence-corrected chi connectivity index (χ0v) is 24.3. The average Bonchev–Trinajstić information content (AvgIpc) is 3.41. The Balaban J connectivity index is 1.56. The van der Waals surface area contributed by atoms with Gasteiger partial charge in [0.05, 0.1) is 12.4 Å². The van der Waals surface area contributed by atoms with Gasteiger partial charge in [0.25, 0.3) is 0 Å². The van der Waals surface area contributed by atoms with E-state index < -0.39 is 17.3 Å². The first-order chi connectivity index (χ1) is 18.2. The highest BCUT2D eigenvalue weighted by atomic mass is 32.2. The van der Waals surface area contributed by atoms with Crippen molar-refractivity contribution in [1.82, 2.24) is 0 Å². The number of thioether (sulfide) groups is 1. The topological polar surface area (TPSA) is 81.8 Å². The molecule has 0 saturated heterocycles. The molecule has 1 heterocycles. The highest BCUT2D eigenvalue weighted by molar-refractivity contribution is 7.99. The summed E-state index contributed by atoms with van der Waals surface area (Å²) in [7, 11) is 1.61. The predicted molar refractivity (Wildman–Crippen MR) is 157 cm³/mol. The van der Waals surface area contributed by atoms with Gasteiger partial charge in [-0.3, -0.25) is 0 Å². The van der Waals surface area contributed by atoms with Gasteiger partial charge in [0.15, 0.2) is 6.10 Å². The van der Waals surface area contributed by atoms with Gasteiger partial charge in [-0.15, -0.1) is 23.1 Å². The third-order valence-electron chi connectivity index (χ3n) is 7.91. The van der Waals surface area contributed by atoms with E-state index in [9.17, 15) is 9.90 Å². The van der Waals surface area contributed by atoms with Crippen molar-refractivity contribution < 1.29 is 19.4 Å². The number of hydrogen-bond donors (Lipinski definition) is 2. The molecule has 1 fully saturated rings. The van der Waals surface area contributed by atoms with E-state index in [1.807, 2.05) is 42.5 Å². The van der Waals surface area contributed by atoms with Crippen molar-refractivity contribution in [1.29, 1.82) is 0 Å². The molecular weight excluding hydrogens is 514 g/mol. The molecule has 2 unspecified atom stereocenters. The van der Waals surface area contributed by atoms with Crippen molar-refractivity contribution in [3.8, 4) is 5.75 Å². The van der Waals surface area contributed by atoms with Crippen LogP contribution in [0.3, 0.4) is 0 Å². The standard InChI is InChI=1S/C31H39NO4S2/c1-20(2)31(3)15-5-7-24(19-31)36-30(34)28(33)29(22-10-12-23(35-4)13-11-22)38-27-18-21(9-14-26(27)32)17-25-8-6-16-37-25/h6,8-14,16,18,20,24,28-29,33H,5,7,15,17,19,32H2,1-4H3/t24?,28-,29+,31?/m1/s1. The van der Waals surface area contributed by atoms with Crippen LogP contribution in [0.2, 0.25) is 0 Å². The van der Waals surface area contributed by atoms with Crippen molar-refractivity contribution in [2.45, 2.75) is 75.2 Å². The number of nitrogen functional groups attached to an aromatic ring is 1. The fraction of sp³-hybridized carbons (Fsp3) is 0.452. The third kappa shape index (κ3) is 6.93. The van der Waals surface area contributed by atoms with Crippen LogP contribution in [0, 0.1) is 11.3 Å². The maximum Gasteiger partial charge on any atom is 0.336 e. The van der Waals surface area contributed by atoms with Crippen molar-refractivity contribution in [3.63, 3.8) is 0 Å². The second kappa shape index (κ2) is 12.6. The number of benzene rings is 2. The zero-order chi connectivity index (χ0) is 27.3. The van der Waals surface area contributed by atoms with E-state index in [1.165, 1.54) is 16.6 Å². The summed E-state index contributed by atoms with van der Waals surface area (Å²) in [6.45, 7) is 6.73. The fourth-order valence-electron chi connectivity index (χ4n) is 5.09. The largest absolute Gasteiger partial charge is 0.497 e. The lowest BCUT2D eigenvalue weighted by molar-refractivity contribution is -0.163. The van der Waals surface area contributed by atoms with Gasteiger partial charge in [-0.05, 0) is 83.9 Å². The van der Waals surface area contributed by atoms with Gasteiger partial charge in [0.1, 0.15) is 11.9 Å². The number of ether oxygens (including phenoxy) is 2. The minimum absolute atomic E-state index is 0.135. The molecule has 4 rings (SSSR count). The summed E-state index contributed by atoms with van der Waals surface area (Å²) in [5.41, 5.74) is 9.07. The summed E-state index contributed by atoms with van der Waals surface area (Å²) in [6, 6.07) is 17.6. The van der Waals surface area contributed by atoms with Crippen molar-refractivity contribution in [3.05, 3.63) is 76.0 Å². The van der Waals surface area contributed by atoms with Gasteiger partial charge in [-0.2, -0.15) is 0 Å². The molecule has 4 atom stereocenters. The molecule has 38 heavy (non-hydrogen) atoms. The van der Waals surface area contributed by atoms with Crippen LogP contribution in [-0.2, 0) is 16.0 Å². The molecule has 5 nitrogen and oxygen atoms in total. The van der Waals surface area contributed by atoms with Gasteiger partial charge in [-0.25, -0.2) is 4.79 Å². The SMILES string of the molecule is COc1ccc([C@H](Sc2cc(Cc3cccs3)ccc2N)[C@@H](O)C(=O)OC2CCCC(C)(C(C)C)C2)cc1. The van der Waals surface area contributed by atoms with E-state index in [2.05, 4.69) is 38.3 Å². The maximum atomic E-state index is 13.3. The van der Waals surface area contributed by atoms with Gasteiger partial charge in [0.2, 0.25) is 0 Å². The second-order valence-corrected chi connectivity index (χ2v) is 13.1. The Hall–Kier alpha value is -2.48. The first kappa shape index (κ1) is 28.5. The lowest BCUT2D eigenvalue weighted by Crippen LogP contribution is -2.38. The smallest absolute Gasteiger partial charge is 0.336 e. The molecule has 0 aliphatic heterocycles. The molecule has 3 aromatic rings. The van der Waals surface area contributed by atoms with E-state index in [-0.39, 0.29) is 11.5 Å². The number of aliphatic hydroxyl groups excluding tert-OH is 1. The number of nitrogens with two attached hydrogens (primary N) is 1. The minimum Gasteiger partial charge on any atom is -0.497 e. The van der Waals surface area contributed by atoms with Gasteiger partial charge in [0, 0.05) is 21.9 Å². The Morgan fingerprint density at radius 2 is 1.97 bits per heavy atom. The van der Waals surface area contributed by atoms with Crippen LogP contribution in [0.15, 0.2) is 64.9 Å². The summed E-state index contributed by atoms with van der Waals surface area (Å²) in [5.74, 6) is 0.632. The molecule has 1 saturated carbocycles. The van der Waals surface area contributed by atoms with E-state index in [1.54, 1.807) is 18.4 Å². The van der Waals surface area contributed by atoms with Crippen molar-refractivity contribution in [2.24, 2.45) is 11.3 Å². The molecule has 1 aliphatic rings. The Labute approximate surface area is 234 Å². The molecule has 0 spiro atoms. The number of aliphatic hydroxyl groups is 1. The number of carbonyl (C=O) groups excluding carboxylic acids is 1. The fourth-order valence-corrected chi connectivity index (χ4v) is 7.06. The Morgan fingerprint density at radius 1 is 1.21 bits per heavy atom. The number of esters is 1. The summed E-state index contributed by atoms with van der Waals surface area (Å²) in [6.07, 6.45) is 3.08. The molecule has 3 N–H and O–H groups in total. The van der Waals surface area contributed by atoms with E-state index >= 15 is 0 Å². The normalized spacial score (nSPS) is 21.2. The number of hydrogen-bond acceptors (Lipinski definition) is 7. The quantitative estimate of drug-likeness (QED) is 0.156. The summed E-state index contributed by atoms with van der Waals surface area (Å²) >= 11 is 3.12. The van der Waals surface area contributed by atoms with Crippen LogP contribution in [0.5, 0.6) is 5.75 Å². The lowest BCUT2D eigenvalue weighted by Gasteiger charge is -2.41. The van der Waals surface area contributed by atoms with E-state index in [4.69, 9.17) is 15.2 Å². The van der Waals surface area contributed by atoms with Crippen molar-refractivity contribution >= 4 is 34.8 Å². The summed E-state index contributed by atoms with van der Waals surface area (Å²) in [4.78, 5) is 15.4. The highest BCUT2D eigenvalue weighted by Crippen LogP contribution is 2.44. The Bertz CT molecular complexity index is 1200. The van der Waals surface area contributed by atoms with Crippen LogP contribution in [-0.4, -0.2) is 30.4 Å². The van der Waals surface area contributed by atoms with Gasteiger partial charge < -0.3 is 20.3 Å². The molecule has 0 radical (unpaired) electrons. The summed E-state index contributed by atoms with van der Waals surface area (Å²) in [5, 5.41) is 12.9. The maximum absolute atomic E-state index is 13.3. The molecule has 0 amide bonds. The Morgan fingerprint density at radius 3 is 2.63 bits per heavy atom. The third-order valence-corrected chi connectivity index (χ3v) is 10.2. The lowest BCUT2D eigenvalue weighted by atomic mass is 9.67. The number of anilines is 1. The number of thiophene rings is 1. The van der Waals surface area contributed by atoms with Gasteiger partial charge >= 0.3 is 5.97 Å². The highest BCUT2D eigenvalue weighted by Gasteiger charge is 2.38. The van der Waals surface area contributed by atoms with Crippen LogP contribution < -0.4 is 10.5 Å². The minimum atomic E-state index is -1.35. The van der Waals surface area contributed by atoms with Crippen molar-refractivity contribution in [2.75, 3.05) is 12.8 Å². The van der Waals surface area contributed by atoms with Crippen LogP contribution in [0.4, 0.5) is 5.69 Å². The zero-order valence-electron chi connectivity index (χ0n) is 22.7. The molecule has 1 aliphatic carbocycles. The molecule has 2 aromatic carbocycles. The van der Waals surface area contributed by atoms with Crippen LogP contribution in [0.25, 0.3) is 0 Å². The first-order valence-corrected chi connectivity index (χ1v) is 15.0. The Kier molecular flexibility index (Phi) is 9.45.